The van der Waals surface area contributed by atoms with E-state index in [0.29, 0.717) is 12.2 Å². The van der Waals surface area contributed by atoms with Gasteiger partial charge in [-0.2, -0.15) is 0 Å². The number of sulfonamides is 1. The number of ether oxygens (including phenoxy) is 1. The van der Waals surface area contributed by atoms with Crippen LogP contribution in [-0.2, 0) is 14.8 Å². The summed E-state index contributed by atoms with van der Waals surface area (Å²) in [6, 6.07) is 13.0. The first-order chi connectivity index (χ1) is 15.4. The molecule has 2 aromatic carbocycles. The second-order valence-corrected chi connectivity index (χ2v) is 9.61. The van der Waals surface area contributed by atoms with Crippen LogP contribution in [-0.4, -0.2) is 65.2 Å². The Hall–Kier alpha value is -2.39. The van der Waals surface area contributed by atoms with E-state index >= 15 is 0 Å². The van der Waals surface area contributed by atoms with Gasteiger partial charge in [0.1, 0.15) is 4.90 Å². The van der Waals surface area contributed by atoms with Gasteiger partial charge in [-0.25, -0.2) is 8.42 Å². The van der Waals surface area contributed by atoms with E-state index < -0.39 is 10.0 Å². The number of halogens is 1. The summed E-state index contributed by atoms with van der Waals surface area (Å²) in [5.74, 6) is -0.338. The van der Waals surface area contributed by atoms with E-state index in [2.05, 4.69) is 16.8 Å². The Morgan fingerprint density at radius 3 is 2.59 bits per heavy atom. The average molecular weight is 478 g/mol. The third kappa shape index (κ3) is 6.10. The van der Waals surface area contributed by atoms with Gasteiger partial charge in [-0.3, -0.25) is 14.0 Å². The van der Waals surface area contributed by atoms with Gasteiger partial charge in [0.05, 0.1) is 30.5 Å². The van der Waals surface area contributed by atoms with Gasteiger partial charge in [0, 0.05) is 25.2 Å². The number of nitrogens with one attached hydrogen (secondary N) is 1. The number of rotatable bonds is 10. The van der Waals surface area contributed by atoms with Gasteiger partial charge < -0.3 is 10.1 Å². The molecular formula is C23H28ClN3O4S. The molecule has 1 amide bonds. The van der Waals surface area contributed by atoms with Gasteiger partial charge in [0.25, 0.3) is 15.9 Å². The highest BCUT2D eigenvalue weighted by Gasteiger charge is 2.27. The Labute approximate surface area is 194 Å². The maximum Gasteiger partial charge on any atom is 0.266 e. The number of para-hydroxylation sites is 1. The Balaban J connectivity index is 1.72. The highest BCUT2D eigenvalue weighted by molar-refractivity contribution is 7.93. The van der Waals surface area contributed by atoms with Crippen molar-refractivity contribution in [2.24, 2.45) is 0 Å². The van der Waals surface area contributed by atoms with Gasteiger partial charge >= 0.3 is 0 Å². The lowest BCUT2D eigenvalue weighted by Gasteiger charge is -2.26. The molecular weight excluding hydrogens is 450 g/mol. The number of carbonyl (C=O) groups is 1. The molecule has 1 saturated heterocycles. The van der Waals surface area contributed by atoms with Crippen molar-refractivity contribution in [2.45, 2.75) is 11.3 Å². The Kier molecular flexibility index (Phi) is 8.69. The largest absolute Gasteiger partial charge is 0.379 e. The van der Waals surface area contributed by atoms with Crippen molar-refractivity contribution >= 4 is 33.2 Å². The third-order valence-corrected chi connectivity index (χ3v) is 7.42. The number of nitrogens with zero attached hydrogens (tertiary/aromatic N) is 2. The number of morpholine rings is 1. The van der Waals surface area contributed by atoms with Gasteiger partial charge in [0.2, 0.25) is 0 Å². The topological polar surface area (TPSA) is 79.0 Å². The lowest BCUT2D eigenvalue weighted by atomic mass is 10.2. The predicted molar refractivity (Wildman–Crippen MR) is 127 cm³/mol. The zero-order valence-electron chi connectivity index (χ0n) is 17.9. The second kappa shape index (κ2) is 11.5. The minimum absolute atomic E-state index is 0.0545. The summed E-state index contributed by atoms with van der Waals surface area (Å²) in [5.41, 5.74) is 0.729. The SMILES string of the molecule is C=CCN(c1ccccc1)S(=O)(=O)c1cc(C(=O)NCCCN2CCOCC2)ccc1Cl. The van der Waals surface area contributed by atoms with Crippen molar-refractivity contribution in [3.8, 4) is 0 Å². The maximum absolute atomic E-state index is 13.4. The monoisotopic (exact) mass is 477 g/mol. The van der Waals surface area contributed by atoms with Crippen LogP contribution >= 0.6 is 11.6 Å². The number of amides is 1. The normalized spacial score (nSPS) is 14.7. The molecule has 0 spiro atoms. The summed E-state index contributed by atoms with van der Waals surface area (Å²) in [5, 5.41) is 2.91. The van der Waals surface area contributed by atoms with E-state index in [1.807, 2.05) is 0 Å². The molecule has 1 aliphatic heterocycles. The molecule has 0 unspecified atom stereocenters. The Bertz CT molecular complexity index is 1020. The molecule has 0 atom stereocenters. The fraction of sp³-hybridized carbons (Fsp3) is 0.348. The third-order valence-electron chi connectivity index (χ3n) is 5.14. The highest BCUT2D eigenvalue weighted by Crippen LogP contribution is 2.29. The van der Waals surface area contributed by atoms with Crippen molar-refractivity contribution in [3.63, 3.8) is 0 Å². The standard InChI is InChI=1S/C23H28ClN3O4S/c1-2-12-27(20-7-4-3-5-8-20)32(29,30)22-18-19(9-10-21(22)24)23(28)25-11-6-13-26-14-16-31-17-15-26/h2-5,7-10,18H,1,6,11-17H2,(H,25,28). The van der Waals surface area contributed by atoms with Crippen LogP contribution in [0.1, 0.15) is 16.8 Å². The molecule has 32 heavy (non-hydrogen) atoms. The molecule has 0 aliphatic carbocycles. The first-order valence-corrected chi connectivity index (χ1v) is 12.3. The van der Waals surface area contributed by atoms with Crippen LogP contribution in [0, 0.1) is 0 Å². The number of hydrogen-bond donors (Lipinski definition) is 1. The molecule has 1 aliphatic rings. The fourth-order valence-corrected chi connectivity index (χ4v) is 5.38. The zero-order chi connectivity index (χ0) is 23.0. The first kappa shape index (κ1) is 24.3. The molecule has 1 heterocycles. The maximum atomic E-state index is 13.4. The van der Waals surface area contributed by atoms with Gasteiger partial charge in [-0.05, 0) is 43.3 Å². The molecule has 0 bridgehead atoms. The van der Waals surface area contributed by atoms with E-state index in [0.717, 1.165) is 39.3 Å². The number of anilines is 1. The minimum atomic E-state index is -4.01. The van der Waals surface area contributed by atoms with E-state index in [1.54, 1.807) is 30.3 Å². The summed E-state index contributed by atoms with van der Waals surface area (Å²) in [6.45, 7) is 8.37. The number of benzene rings is 2. The van der Waals surface area contributed by atoms with Gasteiger partial charge in [-0.1, -0.05) is 35.9 Å². The fourth-order valence-electron chi connectivity index (χ4n) is 3.45. The quantitative estimate of drug-likeness (QED) is 0.420. The van der Waals surface area contributed by atoms with Crippen LogP contribution in [0.15, 0.2) is 66.1 Å². The molecule has 0 saturated carbocycles. The average Bonchev–Trinajstić information content (AvgIpc) is 2.81. The van der Waals surface area contributed by atoms with Crippen molar-refractivity contribution in [1.82, 2.24) is 10.2 Å². The zero-order valence-corrected chi connectivity index (χ0v) is 19.4. The van der Waals surface area contributed by atoms with Crippen LogP contribution in [0.3, 0.4) is 0 Å². The van der Waals surface area contributed by atoms with E-state index in [1.165, 1.54) is 28.6 Å². The molecule has 2 aromatic rings. The molecule has 1 fully saturated rings. The van der Waals surface area contributed by atoms with Crippen molar-refractivity contribution in [2.75, 3.05) is 50.2 Å². The molecule has 0 radical (unpaired) electrons. The number of carbonyl (C=O) groups excluding carboxylic acids is 1. The van der Waals surface area contributed by atoms with Crippen LogP contribution < -0.4 is 9.62 Å². The van der Waals surface area contributed by atoms with E-state index in [9.17, 15) is 13.2 Å². The van der Waals surface area contributed by atoms with E-state index in [4.69, 9.17) is 16.3 Å². The number of hydrogen-bond acceptors (Lipinski definition) is 5. The minimum Gasteiger partial charge on any atom is -0.379 e. The highest BCUT2D eigenvalue weighted by atomic mass is 35.5. The molecule has 7 nitrogen and oxygen atoms in total. The van der Waals surface area contributed by atoms with Crippen molar-refractivity contribution in [3.05, 3.63) is 71.8 Å². The molecule has 172 valence electrons. The smallest absolute Gasteiger partial charge is 0.266 e. The summed E-state index contributed by atoms with van der Waals surface area (Å²) in [6.07, 6.45) is 2.30. The molecule has 9 heteroatoms. The van der Waals surface area contributed by atoms with Crippen LogP contribution in [0.4, 0.5) is 5.69 Å². The summed E-state index contributed by atoms with van der Waals surface area (Å²) >= 11 is 6.25. The lowest BCUT2D eigenvalue weighted by Crippen LogP contribution is -2.38. The first-order valence-electron chi connectivity index (χ1n) is 10.5. The molecule has 3 rings (SSSR count). The van der Waals surface area contributed by atoms with Crippen molar-refractivity contribution in [1.29, 1.82) is 0 Å². The van der Waals surface area contributed by atoms with Gasteiger partial charge in [-0.15, -0.1) is 6.58 Å². The molecule has 0 aromatic heterocycles. The Morgan fingerprint density at radius 1 is 1.19 bits per heavy atom. The summed E-state index contributed by atoms with van der Waals surface area (Å²) in [7, 11) is -4.01. The lowest BCUT2D eigenvalue weighted by molar-refractivity contribution is 0.0374. The van der Waals surface area contributed by atoms with Crippen LogP contribution in [0.2, 0.25) is 5.02 Å². The van der Waals surface area contributed by atoms with E-state index in [-0.39, 0.29) is 27.9 Å². The second-order valence-electron chi connectivity index (χ2n) is 7.37. The van der Waals surface area contributed by atoms with Crippen molar-refractivity contribution < 1.29 is 17.9 Å². The summed E-state index contributed by atoms with van der Waals surface area (Å²) in [4.78, 5) is 14.8. The molecule has 1 N–H and O–H groups in total. The van der Waals surface area contributed by atoms with Crippen LogP contribution in [0.5, 0.6) is 0 Å². The predicted octanol–water partition coefficient (Wildman–Crippen LogP) is 3.17. The van der Waals surface area contributed by atoms with Gasteiger partial charge in [0.15, 0.2) is 0 Å². The van der Waals surface area contributed by atoms with Crippen LogP contribution in [0.25, 0.3) is 0 Å². The Morgan fingerprint density at radius 2 is 1.91 bits per heavy atom. The summed E-state index contributed by atoms with van der Waals surface area (Å²) < 4.78 is 33.3.